The number of ether oxygens (including phenoxy) is 1. The van der Waals surface area contributed by atoms with Crippen LogP contribution in [-0.2, 0) is 14.3 Å². The molecule has 0 aliphatic carbocycles. The molecule has 1 N–H and O–H groups in total. The summed E-state index contributed by atoms with van der Waals surface area (Å²) in [4.78, 5) is 23.2. The van der Waals surface area contributed by atoms with E-state index < -0.39 is 18.5 Å². The van der Waals surface area contributed by atoms with E-state index in [-0.39, 0.29) is 11.9 Å². The van der Waals surface area contributed by atoms with Gasteiger partial charge in [-0.1, -0.05) is 23.3 Å². The van der Waals surface area contributed by atoms with Crippen LogP contribution in [0.2, 0.25) is 0 Å². The molecule has 2 heterocycles. The molecule has 0 atom stereocenters. The highest BCUT2D eigenvalue weighted by molar-refractivity contribution is 5.93. The molecular weight excluding hydrogens is 326 g/mol. The molecule has 0 fully saturated rings. The van der Waals surface area contributed by atoms with Gasteiger partial charge in [-0.2, -0.15) is 0 Å². The number of hydrogen-bond donors (Lipinski definition) is 1. The normalized spacial score (nSPS) is 10.7. The van der Waals surface area contributed by atoms with Crippen molar-refractivity contribution in [3.8, 4) is 11.5 Å². The molecule has 0 aliphatic heterocycles. The second kappa shape index (κ2) is 7.73. The Morgan fingerprint density at radius 1 is 1.12 bits per heavy atom. The van der Waals surface area contributed by atoms with Gasteiger partial charge in [0.15, 0.2) is 6.61 Å². The Labute approximate surface area is 142 Å². The van der Waals surface area contributed by atoms with Crippen LogP contribution in [0.3, 0.4) is 0 Å². The molecule has 8 nitrogen and oxygen atoms in total. The Morgan fingerprint density at radius 3 is 2.72 bits per heavy atom. The molecule has 1 aromatic carbocycles. The third-order valence-corrected chi connectivity index (χ3v) is 2.96. The monoisotopic (exact) mass is 339 g/mol. The highest BCUT2D eigenvalue weighted by atomic mass is 16.5. The minimum absolute atomic E-state index is 0.0778. The molecule has 126 valence electrons. The van der Waals surface area contributed by atoms with Crippen LogP contribution >= 0.6 is 0 Å². The maximum absolute atomic E-state index is 11.7. The predicted molar refractivity (Wildman–Crippen MR) is 87.1 cm³/mol. The minimum atomic E-state index is -0.679. The molecule has 0 saturated heterocycles. The lowest BCUT2D eigenvalue weighted by molar-refractivity contribution is -0.142. The molecule has 0 aliphatic rings. The SMILES string of the molecule is O=C(COC(=O)C=Cc1ccco1)Nc1nnc(-c2ccccc2)o1. The van der Waals surface area contributed by atoms with Crippen molar-refractivity contribution < 1.29 is 23.2 Å². The summed E-state index contributed by atoms with van der Waals surface area (Å²) in [5.74, 6) is -0.500. The van der Waals surface area contributed by atoms with E-state index in [0.717, 1.165) is 11.6 Å². The maximum Gasteiger partial charge on any atom is 0.331 e. The largest absolute Gasteiger partial charge is 0.465 e. The van der Waals surface area contributed by atoms with E-state index in [4.69, 9.17) is 13.6 Å². The Balaban J connectivity index is 1.48. The zero-order valence-electron chi connectivity index (χ0n) is 12.9. The van der Waals surface area contributed by atoms with Crippen LogP contribution in [0, 0.1) is 0 Å². The van der Waals surface area contributed by atoms with Crippen molar-refractivity contribution in [2.24, 2.45) is 0 Å². The van der Waals surface area contributed by atoms with Crippen molar-refractivity contribution in [3.05, 3.63) is 60.6 Å². The van der Waals surface area contributed by atoms with Crippen molar-refractivity contribution in [2.75, 3.05) is 11.9 Å². The van der Waals surface area contributed by atoms with Crippen molar-refractivity contribution in [3.63, 3.8) is 0 Å². The summed E-state index contributed by atoms with van der Waals surface area (Å²) in [5, 5.41) is 9.90. The topological polar surface area (TPSA) is 107 Å². The zero-order valence-corrected chi connectivity index (χ0v) is 12.9. The number of anilines is 1. The van der Waals surface area contributed by atoms with Crippen LogP contribution in [0.4, 0.5) is 6.01 Å². The molecule has 0 unspecified atom stereocenters. The van der Waals surface area contributed by atoms with E-state index in [9.17, 15) is 9.59 Å². The molecule has 0 saturated carbocycles. The zero-order chi connectivity index (χ0) is 17.5. The predicted octanol–water partition coefficient (Wildman–Crippen LogP) is 2.52. The van der Waals surface area contributed by atoms with Gasteiger partial charge in [0.2, 0.25) is 5.89 Å². The fourth-order valence-electron chi connectivity index (χ4n) is 1.85. The van der Waals surface area contributed by atoms with Crippen molar-refractivity contribution >= 4 is 24.0 Å². The molecule has 3 rings (SSSR count). The number of nitrogens with zero attached hydrogens (tertiary/aromatic N) is 2. The molecule has 1 amide bonds. The Hall–Kier alpha value is -3.68. The molecule has 8 heteroatoms. The van der Waals surface area contributed by atoms with Gasteiger partial charge in [0.1, 0.15) is 5.76 Å². The van der Waals surface area contributed by atoms with Crippen molar-refractivity contribution in [1.82, 2.24) is 10.2 Å². The van der Waals surface area contributed by atoms with Gasteiger partial charge in [0, 0.05) is 11.6 Å². The van der Waals surface area contributed by atoms with E-state index >= 15 is 0 Å². The summed E-state index contributed by atoms with van der Waals surface area (Å²) in [6, 6.07) is 12.4. The number of carbonyl (C=O) groups is 2. The van der Waals surface area contributed by atoms with Gasteiger partial charge in [-0.25, -0.2) is 4.79 Å². The van der Waals surface area contributed by atoms with Gasteiger partial charge in [0.05, 0.1) is 6.26 Å². The lowest BCUT2D eigenvalue weighted by Gasteiger charge is -2.01. The third kappa shape index (κ3) is 4.64. The second-order valence-electron chi connectivity index (χ2n) is 4.78. The molecule has 2 aromatic heterocycles. The van der Waals surface area contributed by atoms with Crippen LogP contribution in [-0.4, -0.2) is 28.7 Å². The van der Waals surface area contributed by atoms with Gasteiger partial charge in [-0.15, -0.1) is 5.10 Å². The lowest BCUT2D eigenvalue weighted by atomic mass is 10.2. The van der Waals surface area contributed by atoms with E-state index in [0.29, 0.717) is 5.76 Å². The molecule has 3 aromatic rings. The van der Waals surface area contributed by atoms with E-state index in [1.807, 2.05) is 18.2 Å². The molecular formula is C17H13N3O5. The van der Waals surface area contributed by atoms with E-state index in [1.54, 1.807) is 24.3 Å². The summed E-state index contributed by atoms with van der Waals surface area (Å²) in [6.07, 6.45) is 4.07. The van der Waals surface area contributed by atoms with Crippen LogP contribution in [0.15, 0.2) is 63.6 Å². The van der Waals surface area contributed by atoms with Gasteiger partial charge in [0.25, 0.3) is 5.91 Å². The summed E-state index contributed by atoms with van der Waals surface area (Å²) in [5.41, 5.74) is 0.727. The molecule has 25 heavy (non-hydrogen) atoms. The van der Waals surface area contributed by atoms with E-state index in [2.05, 4.69) is 15.5 Å². The quantitative estimate of drug-likeness (QED) is 0.543. The first-order chi connectivity index (χ1) is 12.2. The average molecular weight is 339 g/mol. The summed E-state index contributed by atoms with van der Waals surface area (Å²) in [6.45, 7) is -0.482. The molecule has 0 spiro atoms. The second-order valence-corrected chi connectivity index (χ2v) is 4.78. The summed E-state index contributed by atoms with van der Waals surface area (Å²) < 4.78 is 15.1. The summed E-state index contributed by atoms with van der Waals surface area (Å²) in [7, 11) is 0. The standard InChI is InChI=1S/C17H13N3O5/c21-14(11-24-15(22)9-8-13-7-4-10-23-13)18-17-20-19-16(25-17)12-5-2-1-3-6-12/h1-10H,11H2,(H,18,20,21). The number of furan rings is 1. The van der Waals surface area contributed by atoms with Gasteiger partial charge in [-0.3, -0.25) is 10.1 Å². The first-order valence-electron chi connectivity index (χ1n) is 7.28. The highest BCUT2D eigenvalue weighted by Gasteiger charge is 2.12. The smallest absolute Gasteiger partial charge is 0.331 e. The van der Waals surface area contributed by atoms with Crippen LogP contribution < -0.4 is 5.32 Å². The van der Waals surface area contributed by atoms with Crippen molar-refractivity contribution in [2.45, 2.75) is 0 Å². The number of amides is 1. The maximum atomic E-state index is 11.7. The van der Waals surface area contributed by atoms with Gasteiger partial charge in [-0.05, 0) is 30.3 Å². The summed E-state index contributed by atoms with van der Waals surface area (Å²) >= 11 is 0. The van der Waals surface area contributed by atoms with Crippen LogP contribution in [0.25, 0.3) is 17.5 Å². The van der Waals surface area contributed by atoms with Crippen LogP contribution in [0.5, 0.6) is 0 Å². The average Bonchev–Trinajstić information content (AvgIpc) is 3.31. The lowest BCUT2D eigenvalue weighted by Crippen LogP contribution is -2.20. The van der Waals surface area contributed by atoms with Crippen molar-refractivity contribution in [1.29, 1.82) is 0 Å². The van der Waals surface area contributed by atoms with Crippen LogP contribution in [0.1, 0.15) is 5.76 Å². The number of nitrogens with one attached hydrogen (secondary N) is 1. The van der Waals surface area contributed by atoms with Gasteiger partial charge < -0.3 is 13.6 Å². The highest BCUT2D eigenvalue weighted by Crippen LogP contribution is 2.18. The Bertz CT molecular complexity index is 869. The number of carbonyl (C=O) groups excluding carboxylic acids is 2. The number of aromatic nitrogens is 2. The molecule has 0 radical (unpaired) electrons. The number of hydrogen-bond acceptors (Lipinski definition) is 7. The first-order valence-corrected chi connectivity index (χ1v) is 7.28. The Morgan fingerprint density at radius 2 is 1.96 bits per heavy atom. The van der Waals surface area contributed by atoms with Gasteiger partial charge >= 0.3 is 12.0 Å². The number of esters is 1. The molecule has 0 bridgehead atoms. The first kappa shape index (κ1) is 16.2. The number of rotatable bonds is 6. The fraction of sp³-hybridized carbons (Fsp3) is 0.0588. The number of benzene rings is 1. The fourth-order valence-corrected chi connectivity index (χ4v) is 1.85. The van der Waals surface area contributed by atoms with E-state index in [1.165, 1.54) is 12.3 Å². The third-order valence-electron chi connectivity index (χ3n) is 2.96. The minimum Gasteiger partial charge on any atom is -0.465 e. The Kier molecular flexibility index (Phi) is 5.01.